The lowest BCUT2D eigenvalue weighted by atomic mass is 10.1. The molecule has 1 atom stereocenters. The summed E-state index contributed by atoms with van der Waals surface area (Å²) in [5.41, 5.74) is 0. The Labute approximate surface area is 113 Å². The van der Waals surface area contributed by atoms with E-state index in [0.717, 1.165) is 32.1 Å². The van der Waals surface area contributed by atoms with E-state index in [1.807, 2.05) is 0 Å². The number of ether oxygens (including phenoxy) is 1. The largest absolute Gasteiger partial charge is 0.462 e. The molecular weight excluding hydrogens is 260 g/mol. The second-order valence-corrected chi connectivity index (χ2v) is 6.30. The lowest BCUT2D eigenvalue weighted by Gasteiger charge is -2.16. The zero-order valence-corrected chi connectivity index (χ0v) is 12.4. The fourth-order valence-electron chi connectivity index (χ4n) is 1.36. The third kappa shape index (κ3) is 9.48. The van der Waals surface area contributed by atoms with Crippen LogP contribution in [-0.2, 0) is 9.53 Å². The van der Waals surface area contributed by atoms with Gasteiger partial charge < -0.3 is 4.74 Å². The number of hydrogen-bond acceptors (Lipinski definition) is 4. The molecule has 0 bridgehead atoms. The van der Waals surface area contributed by atoms with Crippen molar-refractivity contribution in [1.29, 1.82) is 0 Å². The Bertz CT molecular complexity index is 219. The summed E-state index contributed by atoms with van der Waals surface area (Å²) in [6.45, 7) is 4.24. The minimum Gasteiger partial charge on any atom is -0.462 e. The van der Waals surface area contributed by atoms with Gasteiger partial charge in [0.25, 0.3) is 0 Å². The first-order chi connectivity index (χ1) is 7.60. The van der Waals surface area contributed by atoms with Gasteiger partial charge in [-0.15, -0.1) is 12.6 Å². The van der Waals surface area contributed by atoms with Crippen LogP contribution in [0.2, 0.25) is 0 Å². The van der Waals surface area contributed by atoms with Crippen molar-refractivity contribution < 1.29 is 9.53 Å². The minimum atomic E-state index is -0.184. The molecule has 0 aromatic rings. The first-order valence-corrected chi connectivity index (χ1v) is 7.49. The lowest BCUT2D eigenvalue weighted by Crippen LogP contribution is -2.19. The molecule has 0 aliphatic rings. The summed E-state index contributed by atoms with van der Waals surface area (Å²) >= 11 is 9.96. The Hall–Kier alpha value is 0.260. The highest BCUT2D eigenvalue weighted by Crippen LogP contribution is 2.14. The van der Waals surface area contributed by atoms with Crippen LogP contribution in [0.15, 0.2) is 0 Å². The van der Waals surface area contributed by atoms with E-state index in [2.05, 4.69) is 26.5 Å². The topological polar surface area (TPSA) is 26.3 Å². The number of hydrogen-bond donors (Lipinski definition) is 1. The molecule has 0 saturated carbocycles. The molecule has 2 nitrogen and oxygen atoms in total. The normalized spacial score (nSPS) is 12.2. The standard InChI is InChI=1S/C11H20O2S3/c1-3-5-7-9(6-4-2)13-10(12)8-16-11(14)15/h9H,3-8H2,1-2H3,(H,14,15). The first kappa shape index (κ1) is 16.3. The van der Waals surface area contributed by atoms with Crippen molar-refractivity contribution in [3.05, 3.63) is 0 Å². The van der Waals surface area contributed by atoms with Gasteiger partial charge in [-0.2, -0.15) is 0 Å². The van der Waals surface area contributed by atoms with E-state index in [1.54, 1.807) is 0 Å². The number of thioether (sulfide) groups is 1. The molecule has 1 unspecified atom stereocenters. The predicted octanol–water partition coefficient (Wildman–Crippen LogP) is 3.84. The molecule has 0 aromatic heterocycles. The summed E-state index contributed by atoms with van der Waals surface area (Å²) < 4.78 is 5.87. The van der Waals surface area contributed by atoms with Gasteiger partial charge in [-0.3, -0.25) is 4.79 Å². The Kier molecular flexibility index (Phi) is 10.6. The quantitative estimate of drug-likeness (QED) is 0.415. The number of unbranched alkanes of at least 4 members (excludes halogenated alkanes) is 1. The van der Waals surface area contributed by atoms with Crippen LogP contribution >= 0.6 is 36.6 Å². The minimum absolute atomic E-state index is 0.0755. The summed E-state index contributed by atoms with van der Waals surface area (Å²) in [6.07, 6.45) is 5.27. The molecular formula is C11H20O2S3. The maximum atomic E-state index is 11.5. The Morgan fingerprint density at radius 3 is 2.56 bits per heavy atom. The third-order valence-electron chi connectivity index (χ3n) is 2.10. The van der Waals surface area contributed by atoms with Crippen molar-refractivity contribution in [2.75, 3.05) is 5.75 Å². The molecule has 5 heteroatoms. The number of carbonyl (C=O) groups is 1. The molecule has 0 aliphatic heterocycles. The summed E-state index contributed by atoms with van der Waals surface area (Å²) in [6, 6.07) is 0. The molecule has 0 heterocycles. The Morgan fingerprint density at radius 1 is 1.38 bits per heavy atom. The molecule has 0 saturated heterocycles. The summed E-state index contributed by atoms with van der Waals surface area (Å²) in [7, 11) is 0. The molecule has 0 amide bonds. The van der Waals surface area contributed by atoms with Crippen LogP contribution in [0.3, 0.4) is 0 Å². The SMILES string of the molecule is CCCCC(CCC)OC(=O)CSC(=S)S. The number of thiocarbonyl (C=S) groups is 1. The average Bonchev–Trinajstić information content (AvgIpc) is 2.23. The molecule has 0 radical (unpaired) electrons. The van der Waals surface area contributed by atoms with Gasteiger partial charge in [0.2, 0.25) is 0 Å². The van der Waals surface area contributed by atoms with Gasteiger partial charge in [-0.05, 0) is 12.8 Å². The molecule has 0 fully saturated rings. The van der Waals surface area contributed by atoms with Crippen LogP contribution < -0.4 is 0 Å². The highest BCUT2D eigenvalue weighted by atomic mass is 32.2. The van der Waals surface area contributed by atoms with E-state index in [0.29, 0.717) is 3.53 Å². The zero-order valence-electron chi connectivity index (χ0n) is 9.90. The van der Waals surface area contributed by atoms with E-state index in [9.17, 15) is 4.79 Å². The van der Waals surface area contributed by atoms with Gasteiger partial charge in [-0.1, -0.05) is 57.1 Å². The van der Waals surface area contributed by atoms with Crippen LogP contribution in [0.4, 0.5) is 0 Å². The number of thiol groups is 1. The van der Waals surface area contributed by atoms with Crippen molar-refractivity contribution in [2.24, 2.45) is 0 Å². The molecule has 0 rings (SSSR count). The first-order valence-electron chi connectivity index (χ1n) is 5.65. The summed E-state index contributed by atoms with van der Waals surface area (Å²) in [4.78, 5) is 11.5. The summed E-state index contributed by atoms with van der Waals surface area (Å²) in [5.74, 6) is 0.0882. The molecule has 16 heavy (non-hydrogen) atoms. The van der Waals surface area contributed by atoms with E-state index >= 15 is 0 Å². The van der Waals surface area contributed by atoms with Crippen molar-refractivity contribution in [1.82, 2.24) is 0 Å². The van der Waals surface area contributed by atoms with E-state index < -0.39 is 0 Å². The average molecular weight is 280 g/mol. The van der Waals surface area contributed by atoms with Crippen LogP contribution in [-0.4, -0.2) is 21.4 Å². The van der Waals surface area contributed by atoms with Crippen LogP contribution in [0, 0.1) is 0 Å². The zero-order chi connectivity index (χ0) is 12.4. The monoisotopic (exact) mass is 280 g/mol. The maximum absolute atomic E-state index is 11.5. The molecule has 0 aromatic carbocycles. The van der Waals surface area contributed by atoms with Crippen LogP contribution in [0.25, 0.3) is 0 Å². The Balaban J connectivity index is 3.86. The van der Waals surface area contributed by atoms with Gasteiger partial charge in [0.05, 0.1) is 5.75 Å². The van der Waals surface area contributed by atoms with Crippen LogP contribution in [0.1, 0.15) is 46.0 Å². The van der Waals surface area contributed by atoms with Crippen molar-refractivity contribution in [3.8, 4) is 0 Å². The highest BCUT2D eigenvalue weighted by molar-refractivity contribution is 8.41. The van der Waals surface area contributed by atoms with Gasteiger partial charge >= 0.3 is 5.97 Å². The smallest absolute Gasteiger partial charge is 0.316 e. The summed E-state index contributed by atoms with van der Waals surface area (Å²) in [5, 5.41) is 0. The van der Waals surface area contributed by atoms with E-state index in [-0.39, 0.29) is 17.8 Å². The Morgan fingerprint density at radius 2 is 2.06 bits per heavy atom. The molecule has 0 aliphatic carbocycles. The molecule has 0 spiro atoms. The van der Waals surface area contributed by atoms with Gasteiger partial charge in [0, 0.05) is 0 Å². The lowest BCUT2D eigenvalue weighted by molar-refractivity contribution is -0.146. The van der Waals surface area contributed by atoms with Crippen molar-refractivity contribution in [2.45, 2.75) is 52.1 Å². The fourth-order valence-corrected chi connectivity index (χ4v) is 2.04. The van der Waals surface area contributed by atoms with Crippen molar-refractivity contribution >= 4 is 46.1 Å². The van der Waals surface area contributed by atoms with E-state index in [1.165, 1.54) is 11.8 Å². The number of esters is 1. The maximum Gasteiger partial charge on any atom is 0.316 e. The predicted molar refractivity (Wildman–Crippen MR) is 78.4 cm³/mol. The number of carbonyl (C=O) groups excluding carboxylic acids is 1. The second-order valence-electron chi connectivity index (χ2n) is 3.60. The van der Waals surface area contributed by atoms with Crippen molar-refractivity contribution in [3.63, 3.8) is 0 Å². The highest BCUT2D eigenvalue weighted by Gasteiger charge is 2.13. The molecule has 94 valence electrons. The van der Waals surface area contributed by atoms with Gasteiger partial charge in [-0.25, -0.2) is 0 Å². The fraction of sp³-hybridized carbons (Fsp3) is 0.818. The third-order valence-corrected chi connectivity index (χ3v) is 3.47. The number of rotatable bonds is 8. The molecule has 0 N–H and O–H groups in total. The second kappa shape index (κ2) is 10.4. The van der Waals surface area contributed by atoms with E-state index in [4.69, 9.17) is 17.0 Å². The van der Waals surface area contributed by atoms with Crippen LogP contribution in [0.5, 0.6) is 0 Å². The van der Waals surface area contributed by atoms with Gasteiger partial charge in [0.1, 0.15) is 9.63 Å². The van der Waals surface area contributed by atoms with Gasteiger partial charge in [0.15, 0.2) is 0 Å².